The van der Waals surface area contributed by atoms with Gasteiger partial charge in [0.15, 0.2) is 0 Å². The number of oxazole rings is 1. The van der Waals surface area contributed by atoms with Gasteiger partial charge in [-0.3, -0.25) is 0 Å². The molecule has 0 saturated heterocycles. The van der Waals surface area contributed by atoms with Crippen molar-refractivity contribution in [3.63, 3.8) is 0 Å². The number of rotatable bonds is 1. The Labute approximate surface area is 61.5 Å². The fourth-order valence-electron chi connectivity index (χ4n) is 0.645. The van der Waals surface area contributed by atoms with Crippen molar-refractivity contribution in [3.05, 3.63) is 24.9 Å². The summed E-state index contributed by atoms with van der Waals surface area (Å²) in [6.07, 6.45) is 5.65. The van der Waals surface area contributed by atoms with Gasteiger partial charge in [0, 0.05) is 6.20 Å². The fourth-order valence-corrected chi connectivity index (χ4v) is 1.19. The van der Waals surface area contributed by atoms with Gasteiger partial charge >= 0.3 is 0 Å². The van der Waals surface area contributed by atoms with E-state index in [9.17, 15) is 0 Å². The predicted molar refractivity (Wildman–Crippen MR) is 36.4 cm³/mol. The molecule has 2 aromatic rings. The molecule has 10 heavy (non-hydrogen) atoms. The van der Waals surface area contributed by atoms with Crippen molar-refractivity contribution >= 4 is 11.5 Å². The summed E-state index contributed by atoms with van der Waals surface area (Å²) in [6.45, 7) is 0. The first-order valence-electron chi connectivity index (χ1n) is 2.69. The zero-order chi connectivity index (χ0) is 6.81. The maximum atomic E-state index is 4.68. The summed E-state index contributed by atoms with van der Waals surface area (Å²) >= 11 is 1.39. The summed E-state index contributed by atoms with van der Waals surface area (Å²) in [4.78, 5) is 4.84. The molecule has 0 spiro atoms. The minimum atomic E-state index is 0.794. The number of hydrogen-bond donors (Lipinski definition) is 0. The van der Waals surface area contributed by atoms with E-state index in [0.717, 1.165) is 10.6 Å². The van der Waals surface area contributed by atoms with Crippen LogP contribution in [0.1, 0.15) is 0 Å². The first-order chi connectivity index (χ1) is 4.97. The Morgan fingerprint density at radius 1 is 1.60 bits per heavy atom. The van der Waals surface area contributed by atoms with E-state index in [4.69, 9.17) is 0 Å². The number of nitrogens with zero attached hydrogens (tertiary/aromatic N) is 2. The van der Waals surface area contributed by atoms with Crippen LogP contribution in [0.15, 0.2) is 22.9 Å². The predicted octanol–water partition coefficient (Wildman–Crippen LogP) is 1.60. The van der Waals surface area contributed by atoms with Crippen LogP contribution >= 0.6 is 11.5 Å². The van der Waals surface area contributed by atoms with Crippen LogP contribution in [0.4, 0.5) is 0 Å². The maximum Gasteiger partial charge on any atom is 0.284 e. The van der Waals surface area contributed by atoms with Gasteiger partial charge in [0.2, 0.25) is 0 Å². The highest BCUT2D eigenvalue weighted by Gasteiger charge is 2.00. The molecular weight excluding hydrogens is 148 g/mol. The third kappa shape index (κ3) is 0.823. The van der Waals surface area contributed by atoms with Gasteiger partial charge in [-0.1, -0.05) is 0 Å². The van der Waals surface area contributed by atoms with E-state index in [1.165, 1.54) is 11.5 Å². The Morgan fingerprint density at radius 3 is 3.20 bits per heavy atom. The van der Waals surface area contributed by atoms with Crippen LogP contribution in [0.5, 0.6) is 0 Å². The third-order valence-corrected chi connectivity index (χ3v) is 1.85. The van der Waals surface area contributed by atoms with Gasteiger partial charge in [0.1, 0.15) is 12.0 Å². The minimum absolute atomic E-state index is 0.794. The largest absolute Gasteiger partial charge is 0.440 e. The van der Waals surface area contributed by atoms with Gasteiger partial charge in [-0.2, -0.15) is 0 Å². The summed E-state index contributed by atoms with van der Waals surface area (Å²) in [5.74, 6) is 0. The van der Waals surface area contributed by atoms with Crippen molar-refractivity contribution in [1.29, 1.82) is 0 Å². The second kappa shape index (κ2) is 2.22. The van der Waals surface area contributed by atoms with Crippen LogP contribution in [0, 0.1) is 6.39 Å². The van der Waals surface area contributed by atoms with E-state index in [-0.39, 0.29) is 0 Å². The quantitative estimate of drug-likeness (QED) is 0.621. The SMILES string of the molecule is [c]1nc(-c2ccns2)co1. The zero-order valence-electron chi connectivity index (χ0n) is 4.94. The van der Waals surface area contributed by atoms with Crippen molar-refractivity contribution in [1.82, 2.24) is 9.36 Å². The van der Waals surface area contributed by atoms with E-state index >= 15 is 0 Å². The smallest absolute Gasteiger partial charge is 0.284 e. The lowest BCUT2D eigenvalue weighted by Crippen LogP contribution is -1.66. The molecule has 0 aliphatic rings. The summed E-state index contributed by atoms with van der Waals surface area (Å²) in [6, 6.07) is 1.89. The summed E-state index contributed by atoms with van der Waals surface area (Å²) < 4.78 is 8.61. The average molecular weight is 151 g/mol. The molecule has 3 nitrogen and oxygen atoms in total. The normalized spacial score (nSPS) is 10.0. The van der Waals surface area contributed by atoms with Gasteiger partial charge in [-0.15, -0.1) is 0 Å². The number of hydrogen-bond acceptors (Lipinski definition) is 4. The Morgan fingerprint density at radius 2 is 2.60 bits per heavy atom. The van der Waals surface area contributed by atoms with Crippen molar-refractivity contribution < 1.29 is 4.42 Å². The van der Waals surface area contributed by atoms with E-state index < -0.39 is 0 Å². The highest BCUT2D eigenvalue weighted by molar-refractivity contribution is 7.09. The van der Waals surface area contributed by atoms with E-state index in [0.29, 0.717) is 0 Å². The van der Waals surface area contributed by atoms with E-state index in [1.807, 2.05) is 6.07 Å². The van der Waals surface area contributed by atoms with Crippen LogP contribution in [-0.2, 0) is 0 Å². The molecule has 0 bridgehead atoms. The van der Waals surface area contributed by atoms with Crippen LogP contribution in [0.25, 0.3) is 10.6 Å². The fraction of sp³-hybridized carbons (Fsp3) is 0. The monoisotopic (exact) mass is 151 g/mol. The molecule has 0 aliphatic heterocycles. The molecule has 0 aliphatic carbocycles. The molecule has 2 heterocycles. The highest BCUT2D eigenvalue weighted by Crippen LogP contribution is 2.19. The second-order valence-electron chi connectivity index (χ2n) is 1.70. The van der Waals surface area contributed by atoms with Crippen LogP contribution < -0.4 is 0 Å². The molecule has 2 rings (SSSR count). The minimum Gasteiger partial charge on any atom is -0.440 e. The molecule has 2 aromatic heterocycles. The van der Waals surface area contributed by atoms with E-state index in [2.05, 4.69) is 20.2 Å². The summed E-state index contributed by atoms with van der Waals surface area (Å²) in [5.41, 5.74) is 0.794. The van der Waals surface area contributed by atoms with Crippen molar-refractivity contribution in [2.45, 2.75) is 0 Å². The van der Waals surface area contributed by atoms with Gasteiger partial charge in [-0.25, -0.2) is 9.36 Å². The number of aromatic nitrogens is 2. The summed E-state index contributed by atoms with van der Waals surface area (Å²) in [5, 5.41) is 0. The molecule has 0 fully saturated rings. The van der Waals surface area contributed by atoms with Gasteiger partial charge in [-0.05, 0) is 17.6 Å². The Hall–Kier alpha value is -1.16. The van der Waals surface area contributed by atoms with Crippen molar-refractivity contribution in [2.75, 3.05) is 0 Å². The standard InChI is InChI=1S/C6H3N2OS/c1-2-8-10-6(1)5-3-9-4-7-5/h1-3H. The Balaban J connectivity index is 2.48. The van der Waals surface area contributed by atoms with E-state index in [1.54, 1.807) is 12.5 Å². The average Bonchev–Trinajstić information content (AvgIpc) is 2.59. The lowest BCUT2D eigenvalue weighted by Gasteiger charge is -1.80. The van der Waals surface area contributed by atoms with Gasteiger partial charge in [0.05, 0.1) is 4.88 Å². The molecular formula is C6H3N2OS. The molecule has 49 valence electrons. The maximum absolute atomic E-state index is 4.68. The van der Waals surface area contributed by atoms with Crippen LogP contribution in [0.3, 0.4) is 0 Å². The Bertz CT molecular complexity index is 255. The molecule has 0 N–H and O–H groups in total. The molecule has 4 heteroatoms. The molecule has 0 aromatic carbocycles. The molecule has 0 atom stereocenters. The summed E-state index contributed by atoms with van der Waals surface area (Å²) in [7, 11) is 0. The second-order valence-corrected chi connectivity index (χ2v) is 2.53. The topological polar surface area (TPSA) is 38.9 Å². The first kappa shape index (κ1) is 5.61. The molecule has 0 amide bonds. The highest BCUT2D eigenvalue weighted by atomic mass is 32.1. The Kier molecular flexibility index (Phi) is 1.25. The van der Waals surface area contributed by atoms with Crippen molar-refractivity contribution in [3.8, 4) is 10.6 Å². The van der Waals surface area contributed by atoms with Gasteiger partial charge < -0.3 is 4.42 Å². The molecule has 1 radical (unpaired) electrons. The molecule has 0 unspecified atom stereocenters. The first-order valence-corrected chi connectivity index (χ1v) is 3.47. The van der Waals surface area contributed by atoms with Gasteiger partial charge in [0.25, 0.3) is 6.39 Å². The lowest BCUT2D eigenvalue weighted by atomic mass is 10.4. The van der Waals surface area contributed by atoms with Crippen LogP contribution in [-0.4, -0.2) is 9.36 Å². The lowest BCUT2D eigenvalue weighted by molar-refractivity contribution is 0.548. The third-order valence-electron chi connectivity index (χ3n) is 1.08. The van der Waals surface area contributed by atoms with Crippen molar-refractivity contribution in [2.24, 2.45) is 0 Å². The molecule has 0 saturated carbocycles. The van der Waals surface area contributed by atoms with Crippen LogP contribution in [0.2, 0.25) is 0 Å². The zero-order valence-corrected chi connectivity index (χ0v) is 5.76.